The molecule has 0 bridgehead atoms. The van der Waals surface area contributed by atoms with E-state index in [-0.39, 0.29) is 5.84 Å². The number of anilines is 1. The number of aliphatic carboxylic acids is 1. The molecule has 3 aromatic carbocycles. The summed E-state index contributed by atoms with van der Waals surface area (Å²) in [7, 11) is 1.52. The monoisotopic (exact) mass is 419 g/mol. The van der Waals surface area contributed by atoms with E-state index in [1.165, 1.54) is 7.11 Å². The minimum atomic E-state index is -1.46. The van der Waals surface area contributed by atoms with E-state index in [0.717, 1.165) is 5.56 Å². The fourth-order valence-corrected chi connectivity index (χ4v) is 3.07. The summed E-state index contributed by atoms with van der Waals surface area (Å²) >= 11 is 0. The fraction of sp³-hybridized carbons (Fsp3) is 0.167. The van der Waals surface area contributed by atoms with E-state index in [9.17, 15) is 9.90 Å². The van der Waals surface area contributed by atoms with Crippen LogP contribution in [0.1, 0.15) is 23.6 Å². The van der Waals surface area contributed by atoms with Crippen molar-refractivity contribution in [2.45, 2.75) is 19.1 Å². The van der Waals surface area contributed by atoms with Crippen LogP contribution in [0.2, 0.25) is 0 Å². The first kappa shape index (κ1) is 21.7. The molecule has 160 valence electrons. The highest BCUT2D eigenvalue weighted by Gasteiger charge is 2.36. The highest BCUT2D eigenvalue weighted by Crippen LogP contribution is 2.33. The van der Waals surface area contributed by atoms with Crippen LogP contribution in [0.5, 0.6) is 11.5 Å². The third kappa shape index (κ3) is 5.14. The second-order valence-electron chi connectivity index (χ2n) is 7.22. The van der Waals surface area contributed by atoms with Gasteiger partial charge in [-0.2, -0.15) is 0 Å². The molecule has 7 nitrogen and oxygen atoms in total. The highest BCUT2D eigenvalue weighted by atomic mass is 16.5. The van der Waals surface area contributed by atoms with Gasteiger partial charge in [0.05, 0.1) is 7.11 Å². The summed E-state index contributed by atoms with van der Waals surface area (Å²) in [6, 6.07) is 21.5. The summed E-state index contributed by atoms with van der Waals surface area (Å²) in [5, 5.41) is 20.6. The number of carbonyl (C=O) groups is 1. The van der Waals surface area contributed by atoms with Crippen molar-refractivity contribution < 1.29 is 19.4 Å². The summed E-state index contributed by atoms with van der Waals surface area (Å²) < 4.78 is 11.3. The molecule has 31 heavy (non-hydrogen) atoms. The molecule has 0 aliphatic rings. The molecule has 0 fully saturated rings. The number of hydrogen-bond donors (Lipinski definition) is 4. The number of amidine groups is 1. The molecule has 0 aromatic heterocycles. The number of nitrogens with two attached hydrogens (primary N) is 1. The Morgan fingerprint density at radius 1 is 1.06 bits per heavy atom. The maximum absolute atomic E-state index is 12.3. The Kier molecular flexibility index (Phi) is 6.45. The standard InChI is InChI=1S/C24H25N3O4/c1-24(23(28)29,27-19-10-8-17(9-11-19)22(25)26)18-12-20(30-2)14-21(13-18)31-15-16-6-4-3-5-7-16/h3-14,27H,15H2,1-2H3,(H3,25,26)(H,28,29). The zero-order valence-corrected chi connectivity index (χ0v) is 17.4. The first-order valence-electron chi connectivity index (χ1n) is 9.64. The van der Waals surface area contributed by atoms with Gasteiger partial charge in [0.1, 0.15) is 23.9 Å². The number of nitrogens with one attached hydrogen (secondary N) is 2. The van der Waals surface area contributed by atoms with Gasteiger partial charge in [-0.1, -0.05) is 30.3 Å². The van der Waals surface area contributed by atoms with Crippen LogP contribution in [-0.4, -0.2) is 24.0 Å². The smallest absolute Gasteiger partial charge is 0.333 e. The molecule has 5 N–H and O–H groups in total. The fourth-order valence-electron chi connectivity index (χ4n) is 3.07. The molecule has 3 rings (SSSR count). The number of ether oxygens (including phenoxy) is 2. The average Bonchev–Trinajstić information content (AvgIpc) is 2.78. The Hall–Kier alpha value is -4.00. The van der Waals surface area contributed by atoms with Crippen LogP contribution in [0.25, 0.3) is 0 Å². The summed E-state index contributed by atoms with van der Waals surface area (Å²) in [5.74, 6) is -0.132. The van der Waals surface area contributed by atoms with Gasteiger partial charge in [0.15, 0.2) is 5.54 Å². The molecule has 0 aliphatic heterocycles. The first-order valence-corrected chi connectivity index (χ1v) is 9.64. The summed E-state index contributed by atoms with van der Waals surface area (Å²) in [4.78, 5) is 12.3. The van der Waals surface area contributed by atoms with Crippen molar-refractivity contribution in [3.05, 3.63) is 89.5 Å². The molecule has 0 spiro atoms. The molecule has 7 heteroatoms. The van der Waals surface area contributed by atoms with Gasteiger partial charge in [0, 0.05) is 17.3 Å². The number of benzene rings is 3. The van der Waals surface area contributed by atoms with E-state index in [0.29, 0.717) is 34.9 Å². The molecule has 0 amide bonds. The van der Waals surface area contributed by atoms with E-state index < -0.39 is 11.5 Å². The molecule has 1 atom stereocenters. The van der Waals surface area contributed by atoms with Crippen LogP contribution < -0.4 is 20.5 Å². The van der Waals surface area contributed by atoms with Crippen LogP contribution >= 0.6 is 0 Å². The second kappa shape index (κ2) is 9.21. The summed E-state index contributed by atoms with van der Waals surface area (Å²) in [5.41, 5.74) is 6.63. The van der Waals surface area contributed by atoms with Gasteiger partial charge < -0.3 is 25.6 Å². The van der Waals surface area contributed by atoms with Crippen molar-refractivity contribution in [2.75, 3.05) is 12.4 Å². The van der Waals surface area contributed by atoms with E-state index in [1.54, 1.807) is 49.4 Å². The Morgan fingerprint density at radius 3 is 2.29 bits per heavy atom. The lowest BCUT2D eigenvalue weighted by Gasteiger charge is -2.29. The van der Waals surface area contributed by atoms with Crippen molar-refractivity contribution in [3.63, 3.8) is 0 Å². The lowest BCUT2D eigenvalue weighted by Crippen LogP contribution is -2.40. The number of carboxylic acids is 1. The topological polar surface area (TPSA) is 118 Å². The van der Waals surface area contributed by atoms with E-state index in [1.807, 2.05) is 30.3 Å². The normalized spacial score (nSPS) is 12.5. The Bertz CT molecular complexity index is 1070. The van der Waals surface area contributed by atoms with Gasteiger partial charge in [0.25, 0.3) is 0 Å². The number of carboxylic acid groups (broad SMARTS) is 1. The highest BCUT2D eigenvalue weighted by molar-refractivity contribution is 5.95. The largest absolute Gasteiger partial charge is 0.497 e. The zero-order chi connectivity index (χ0) is 22.4. The van der Waals surface area contributed by atoms with E-state index in [4.69, 9.17) is 20.6 Å². The van der Waals surface area contributed by atoms with Gasteiger partial charge in [0.2, 0.25) is 0 Å². The lowest BCUT2D eigenvalue weighted by atomic mass is 9.91. The molecule has 0 aliphatic carbocycles. The predicted molar refractivity (Wildman–Crippen MR) is 120 cm³/mol. The number of rotatable bonds is 9. The molecule has 0 saturated carbocycles. The molecule has 3 aromatic rings. The van der Waals surface area contributed by atoms with Gasteiger partial charge in [-0.15, -0.1) is 0 Å². The zero-order valence-electron chi connectivity index (χ0n) is 17.4. The SMILES string of the molecule is COc1cc(OCc2ccccc2)cc(C(C)(Nc2ccc(C(=N)N)cc2)C(=O)O)c1. The molecule has 0 saturated heterocycles. The Balaban J connectivity index is 1.91. The van der Waals surface area contributed by atoms with Gasteiger partial charge >= 0.3 is 5.97 Å². The van der Waals surface area contributed by atoms with Crippen molar-refractivity contribution in [1.29, 1.82) is 5.41 Å². The Morgan fingerprint density at radius 2 is 1.71 bits per heavy atom. The quantitative estimate of drug-likeness (QED) is 0.308. The van der Waals surface area contributed by atoms with Crippen molar-refractivity contribution in [3.8, 4) is 11.5 Å². The van der Waals surface area contributed by atoms with Crippen LogP contribution in [0, 0.1) is 5.41 Å². The minimum Gasteiger partial charge on any atom is -0.497 e. The van der Waals surface area contributed by atoms with Gasteiger partial charge in [-0.05, 0) is 54.4 Å². The van der Waals surface area contributed by atoms with Crippen LogP contribution in [-0.2, 0) is 16.9 Å². The third-order valence-corrected chi connectivity index (χ3v) is 4.96. The number of nitrogen functional groups attached to an aromatic ring is 1. The van der Waals surface area contributed by atoms with Crippen LogP contribution in [0.4, 0.5) is 5.69 Å². The van der Waals surface area contributed by atoms with Crippen LogP contribution in [0.15, 0.2) is 72.8 Å². The minimum absolute atomic E-state index is 0.0550. The lowest BCUT2D eigenvalue weighted by molar-refractivity contribution is -0.142. The molecule has 0 heterocycles. The molecular weight excluding hydrogens is 394 g/mol. The van der Waals surface area contributed by atoms with Crippen molar-refractivity contribution >= 4 is 17.5 Å². The average molecular weight is 419 g/mol. The van der Waals surface area contributed by atoms with E-state index >= 15 is 0 Å². The molecule has 1 unspecified atom stereocenters. The van der Waals surface area contributed by atoms with E-state index in [2.05, 4.69) is 5.32 Å². The predicted octanol–water partition coefficient (Wildman–Crippen LogP) is 3.97. The summed E-state index contributed by atoms with van der Waals surface area (Å²) in [6.07, 6.45) is 0. The summed E-state index contributed by atoms with van der Waals surface area (Å²) in [6.45, 7) is 1.92. The maximum Gasteiger partial charge on any atom is 0.333 e. The van der Waals surface area contributed by atoms with Gasteiger partial charge in [-0.25, -0.2) is 4.79 Å². The molecular formula is C24H25N3O4. The third-order valence-electron chi connectivity index (χ3n) is 4.96. The van der Waals surface area contributed by atoms with Gasteiger partial charge in [-0.3, -0.25) is 5.41 Å². The van der Waals surface area contributed by atoms with Crippen molar-refractivity contribution in [1.82, 2.24) is 0 Å². The number of hydrogen-bond acceptors (Lipinski definition) is 5. The number of methoxy groups -OCH3 is 1. The second-order valence-corrected chi connectivity index (χ2v) is 7.22. The van der Waals surface area contributed by atoms with Crippen molar-refractivity contribution in [2.24, 2.45) is 5.73 Å². The first-order chi connectivity index (χ1) is 14.8. The Labute approximate surface area is 180 Å². The molecule has 0 radical (unpaired) electrons. The maximum atomic E-state index is 12.3. The van der Waals surface area contributed by atoms with Crippen LogP contribution in [0.3, 0.4) is 0 Å².